The van der Waals surface area contributed by atoms with Crippen LogP contribution in [0.4, 0.5) is 0 Å². The van der Waals surface area contributed by atoms with Gasteiger partial charge in [0.05, 0.1) is 31.1 Å². The minimum atomic E-state index is -1.14. The number of thioether (sulfide) groups is 1. The Balaban J connectivity index is 1.84. The number of benzene rings is 2. The lowest BCUT2D eigenvalue weighted by Gasteiger charge is -2.09. The quantitative estimate of drug-likeness (QED) is 0.376. The number of ether oxygens (including phenoxy) is 2. The Morgan fingerprint density at radius 3 is 2.56 bits per heavy atom. The SMILES string of the molecule is COc1ccc(C(=O)CSc2nc(C(=O)O)c3ccccc3n2)c(OC)c1. The fourth-order valence-electron chi connectivity index (χ4n) is 2.52. The lowest BCUT2D eigenvalue weighted by molar-refractivity contribution is 0.0691. The van der Waals surface area contributed by atoms with Crippen LogP contribution in [0, 0.1) is 0 Å². The summed E-state index contributed by atoms with van der Waals surface area (Å²) in [5.41, 5.74) is 0.838. The van der Waals surface area contributed by atoms with Gasteiger partial charge < -0.3 is 14.6 Å². The number of nitrogens with zero attached hydrogens (tertiary/aromatic N) is 2. The normalized spacial score (nSPS) is 10.6. The number of hydrogen-bond acceptors (Lipinski definition) is 7. The van der Waals surface area contributed by atoms with Crippen molar-refractivity contribution >= 4 is 34.4 Å². The molecule has 0 amide bonds. The molecule has 1 N–H and O–H groups in total. The molecule has 0 fully saturated rings. The second-order valence-electron chi connectivity index (χ2n) is 5.46. The zero-order valence-electron chi connectivity index (χ0n) is 14.6. The van der Waals surface area contributed by atoms with Gasteiger partial charge >= 0.3 is 5.97 Å². The van der Waals surface area contributed by atoms with Gasteiger partial charge in [-0.3, -0.25) is 4.79 Å². The number of fused-ring (bicyclic) bond motifs is 1. The van der Waals surface area contributed by atoms with Crippen LogP contribution in [0.3, 0.4) is 0 Å². The fourth-order valence-corrected chi connectivity index (χ4v) is 3.25. The van der Waals surface area contributed by atoms with Gasteiger partial charge in [-0.05, 0) is 18.2 Å². The van der Waals surface area contributed by atoms with Crippen molar-refractivity contribution < 1.29 is 24.2 Å². The number of carbonyl (C=O) groups excluding carboxylic acids is 1. The predicted octanol–water partition coefficient (Wildman–Crippen LogP) is 3.32. The fraction of sp³-hybridized carbons (Fsp3) is 0.158. The van der Waals surface area contributed by atoms with E-state index in [1.807, 2.05) is 0 Å². The van der Waals surface area contributed by atoms with Gasteiger partial charge in [0.2, 0.25) is 0 Å². The molecule has 0 aliphatic heterocycles. The number of carbonyl (C=O) groups is 2. The second kappa shape index (κ2) is 8.05. The van der Waals surface area contributed by atoms with Crippen molar-refractivity contribution in [1.29, 1.82) is 0 Å². The largest absolute Gasteiger partial charge is 0.497 e. The van der Waals surface area contributed by atoms with Crippen molar-refractivity contribution in [2.75, 3.05) is 20.0 Å². The lowest BCUT2D eigenvalue weighted by Crippen LogP contribution is -2.08. The number of carboxylic acid groups (broad SMARTS) is 1. The first-order chi connectivity index (χ1) is 13.0. The molecular formula is C19H16N2O5S. The Hall–Kier alpha value is -3.13. The van der Waals surface area contributed by atoms with Gasteiger partial charge in [0, 0.05) is 11.5 Å². The number of hydrogen-bond donors (Lipinski definition) is 1. The lowest BCUT2D eigenvalue weighted by atomic mass is 10.1. The molecular weight excluding hydrogens is 368 g/mol. The minimum Gasteiger partial charge on any atom is -0.497 e. The molecule has 8 heteroatoms. The Morgan fingerprint density at radius 1 is 1.07 bits per heavy atom. The zero-order chi connectivity index (χ0) is 19.4. The molecule has 2 aromatic carbocycles. The van der Waals surface area contributed by atoms with E-state index in [9.17, 15) is 14.7 Å². The maximum absolute atomic E-state index is 12.6. The molecule has 7 nitrogen and oxygen atoms in total. The number of rotatable bonds is 7. The summed E-state index contributed by atoms with van der Waals surface area (Å²) in [6.45, 7) is 0. The summed E-state index contributed by atoms with van der Waals surface area (Å²) in [4.78, 5) is 32.5. The molecule has 0 unspecified atom stereocenters. The molecule has 1 heterocycles. The van der Waals surface area contributed by atoms with Crippen LogP contribution in [0.1, 0.15) is 20.8 Å². The summed E-state index contributed by atoms with van der Waals surface area (Å²) < 4.78 is 10.4. The number of carboxylic acids is 1. The average Bonchev–Trinajstić information content (AvgIpc) is 2.70. The molecule has 0 spiro atoms. The van der Waals surface area contributed by atoms with Crippen molar-refractivity contribution in [3.8, 4) is 11.5 Å². The van der Waals surface area contributed by atoms with Crippen LogP contribution in [0.2, 0.25) is 0 Å². The van der Waals surface area contributed by atoms with Gasteiger partial charge in [0.15, 0.2) is 16.6 Å². The summed E-state index contributed by atoms with van der Waals surface area (Å²) in [5.74, 6) is -0.294. The molecule has 27 heavy (non-hydrogen) atoms. The smallest absolute Gasteiger partial charge is 0.355 e. The van der Waals surface area contributed by atoms with Gasteiger partial charge in [-0.2, -0.15) is 0 Å². The second-order valence-corrected chi connectivity index (χ2v) is 6.40. The summed E-state index contributed by atoms with van der Waals surface area (Å²) in [6.07, 6.45) is 0. The van der Waals surface area contributed by atoms with Crippen molar-refractivity contribution in [3.05, 3.63) is 53.7 Å². The molecule has 0 aliphatic carbocycles. The molecule has 0 atom stereocenters. The van der Waals surface area contributed by atoms with Crippen molar-refractivity contribution in [3.63, 3.8) is 0 Å². The number of para-hydroxylation sites is 1. The van der Waals surface area contributed by atoms with E-state index >= 15 is 0 Å². The van der Waals surface area contributed by atoms with E-state index in [4.69, 9.17) is 9.47 Å². The van der Waals surface area contributed by atoms with E-state index in [1.54, 1.807) is 42.5 Å². The highest BCUT2D eigenvalue weighted by atomic mass is 32.2. The molecule has 0 saturated carbocycles. The van der Waals surface area contributed by atoms with E-state index in [0.29, 0.717) is 28.0 Å². The van der Waals surface area contributed by atoms with E-state index < -0.39 is 5.97 Å². The molecule has 138 valence electrons. The average molecular weight is 384 g/mol. The van der Waals surface area contributed by atoms with Gasteiger partial charge in [0.1, 0.15) is 11.5 Å². The first-order valence-electron chi connectivity index (χ1n) is 7.91. The molecule has 3 rings (SSSR count). The highest BCUT2D eigenvalue weighted by Gasteiger charge is 2.17. The molecule has 0 saturated heterocycles. The molecule has 1 aromatic heterocycles. The first-order valence-corrected chi connectivity index (χ1v) is 8.90. The van der Waals surface area contributed by atoms with Gasteiger partial charge in [-0.25, -0.2) is 14.8 Å². The highest BCUT2D eigenvalue weighted by Crippen LogP contribution is 2.27. The van der Waals surface area contributed by atoms with E-state index in [1.165, 1.54) is 14.2 Å². The maximum Gasteiger partial charge on any atom is 0.355 e. The number of Topliss-reactive ketones (excluding diaryl/α,β-unsaturated/α-hetero) is 1. The molecule has 0 aliphatic rings. The van der Waals surface area contributed by atoms with Gasteiger partial charge in [-0.15, -0.1) is 0 Å². The number of methoxy groups -OCH3 is 2. The summed E-state index contributed by atoms with van der Waals surface area (Å²) in [5, 5.41) is 10.1. The van der Waals surface area contributed by atoms with Crippen molar-refractivity contribution in [2.45, 2.75) is 5.16 Å². The maximum atomic E-state index is 12.6. The zero-order valence-corrected chi connectivity index (χ0v) is 15.4. The molecule has 0 bridgehead atoms. The van der Waals surface area contributed by atoms with Gasteiger partial charge in [0.25, 0.3) is 0 Å². The summed E-state index contributed by atoms with van der Waals surface area (Å²) in [7, 11) is 3.01. The van der Waals surface area contributed by atoms with E-state index in [2.05, 4.69) is 9.97 Å². The van der Waals surface area contributed by atoms with Crippen LogP contribution < -0.4 is 9.47 Å². The Kier molecular flexibility index (Phi) is 5.56. The number of aromatic carboxylic acids is 1. The predicted molar refractivity (Wildman–Crippen MR) is 101 cm³/mol. The van der Waals surface area contributed by atoms with Crippen LogP contribution >= 0.6 is 11.8 Å². The Morgan fingerprint density at radius 2 is 1.85 bits per heavy atom. The monoisotopic (exact) mass is 384 g/mol. The Bertz CT molecular complexity index is 1020. The third-order valence-corrected chi connectivity index (χ3v) is 4.67. The first kappa shape index (κ1) is 18.7. The molecule has 0 radical (unpaired) electrons. The van der Waals surface area contributed by atoms with E-state index in [0.717, 1.165) is 11.8 Å². The number of ketones is 1. The van der Waals surface area contributed by atoms with Crippen molar-refractivity contribution in [1.82, 2.24) is 9.97 Å². The van der Waals surface area contributed by atoms with Crippen LogP contribution in [0.25, 0.3) is 10.9 Å². The van der Waals surface area contributed by atoms with Crippen molar-refractivity contribution in [2.24, 2.45) is 0 Å². The minimum absolute atomic E-state index is 0.0418. The Labute approximate surface area is 159 Å². The van der Waals surface area contributed by atoms with E-state index in [-0.39, 0.29) is 22.4 Å². The third-order valence-electron chi connectivity index (χ3n) is 3.83. The van der Waals surface area contributed by atoms with Crippen LogP contribution in [0.15, 0.2) is 47.6 Å². The topological polar surface area (TPSA) is 98.6 Å². The van der Waals surface area contributed by atoms with Crippen LogP contribution in [-0.4, -0.2) is 46.8 Å². The highest BCUT2D eigenvalue weighted by molar-refractivity contribution is 7.99. The third kappa shape index (κ3) is 4.01. The van der Waals surface area contributed by atoms with Gasteiger partial charge in [-0.1, -0.05) is 30.0 Å². The van der Waals surface area contributed by atoms with Crippen LogP contribution in [0.5, 0.6) is 11.5 Å². The molecule has 3 aromatic rings. The summed E-state index contributed by atoms with van der Waals surface area (Å²) in [6, 6.07) is 11.8. The summed E-state index contributed by atoms with van der Waals surface area (Å²) >= 11 is 1.08. The van der Waals surface area contributed by atoms with Crippen LogP contribution in [-0.2, 0) is 0 Å². The number of aromatic nitrogens is 2. The standard InChI is InChI=1S/C19H16N2O5S/c1-25-11-7-8-13(16(9-11)26-2)15(22)10-27-19-20-14-6-4-3-5-12(14)17(21-19)18(23)24/h3-9H,10H2,1-2H3,(H,23,24).